The monoisotopic (exact) mass is 279 g/mol. The molecule has 0 saturated heterocycles. The normalized spacial score (nSPS) is 10.3. The number of rotatable bonds is 3. The summed E-state index contributed by atoms with van der Waals surface area (Å²) in [6.07, 6.45) is 0. The molecule has 18 heavy (non-hydrogen) atoms. The fourth-order valence-electron chi connectivity index (χ4n) is 0.979. The van der Waals surface area contributed by atoms with Crippen LogP contribution in [0.2, 0.25) is 0 Å². The minimum absolute atomic E-state index is 0.0475. The first-order valence-electron chi connectivity index (χ1n) is 5.27. The molecule has 0 radical (unpaired) electrons. The summed E-state index contributed by atoms with van der Waals surface area (Å²) < 4.78 is 36.0. The minimum atomic E-state index is -4.26. The third-order valence-electron chi connectivity index (χ3n) is 1.60. The van der Waals surface area contributed by atoms with Gasteiger partial charge in [-0.2, -0.15) is 13.2 Å². The van der Waals surface area contributed by atoms with Crippen molar-refractivity contribution >= 4 is 17.7 Å². The molecular weight excluding hydrogens is 263 g/mol. The molecule has 1 aromatic carbocycles. The van der Waals surface area contributed by atoms with E-state index in [1.165, 1.54) is 12.1 Å². The molecule has 3 nitrogen and oxygen atoms in total. The zero-order chi connectivity index (χ0) is 14.2. The van der Waals surface area contributed by atoms with E-state index >= 15 is 0 Å². The van der Waals surface area contributed by atoms with Crippen LogP contribution in [0.15, 0.2) is 34.2 Å². The highest BCUT2D eigenvalue weighted by Gasteiger charge is 2.28. The van der Waals surface area contributed by atoms with Gasteiger partial charge in [0.25, 0.3) is 0 Å². The molecule has 0 aliphatic carbocycles. The lowest BCUT2D eigenvalue weighted by Gasteiger charge is -2.05. The van der Waals surface area contributed by atoms with Gasteiger partial charge in [0.2, 0.25) is 0 Å². The van der Waals surface area contributed by atoms with Gasteiger partial charge in [0.15, 0.2) is 5.96 Å². The molecular formula is C11H16F3N3S. The molecule has 0 heterocycles. The zero-order valence-electron chi connectivity index (χ0n) is 10.2. The first-order valence-corrected chi connectivity index (χ1v) is 6.08. The first kappa shape index (κ1) is 16.6. The molecule has 0 fully saturated rings. The van der Waals surface area contributed by atoms with Crippen LogP contribution in [-0.2, 0) is 6.54 Å². The number of thioether (sulfide) groups is 1. The van der Waals surface area contributed by atoms with E-state index in [9.17, 15) is 13.2 Å². The smallest absolute Gasteiger partial charge is 0.370 e. The van der Waals surface area contributed by atoms with Crippen LogP contribution in [0.1, 0.15) is 19.4 Å². The van der Waals surface area contributed by atoms with E-state index < -0.39 is 5.51 Å². The SMILES string of the molecule is CC.NC(N)=NCc1ccc(SC(F)(F)F)cc1. The topological polar surface area (TPSA) is 64.4 Å². The Morgan fingerprint density at radius 3 is 2.06 bits per heavy atom. The number of aliphatic imine (C=N–C) groups is 1. The molecule has 0 aliphatic rings. The van der Waals surface area contributed by atoms with Gasteiger partial charge >= 0.3 is 5.51 Å². The molecule has 0 spiro atoms. The second-order valence-corrected chi connectivity index (χ2v) is 4.07. The fourth-order valence-corrected chi connectivity index (χ4v) is 1.52. The van der Waals surface area contributed by atoms with Crippen molar-refractivity contribution in [3.05, 3.63) is 29.8 Å². The number of hydrogen-bond donors (Lipinski definition) is 2. The van der Waals surface area contributed by atoms with Gasteiger partial charge in [-0.15, -0.1) is 0 Å². The maximum atomic E-state index is 12.0. The molecule has 0 unspecified atom stereocenters. The molecule has 0 atom stereocenters. The van der Waals surface area contributed by atoms with Crippen molar-refractivity contribution in [2.45, 2.75) is 30.8 Å². The molecule has 0 aromatic heterocycles. The van der Waals surface area contributed by atoms with Crippen molar-refractivity contribution in [3.8, 4) is 0 Å². The predicted octanol–water partition coefficient (Wildman–Crippen LogP) is 3.10. The van der Waals surface area contributed by atoms with Crippen LogP contribution in [0, 0.1) is 0 Å². The van der Waals surface area contributed by atoms with E-state index in [2.05, 4.69) is 4.99 Å². The standard InChI is InChI=1S/C9H10F3N3S.C2H6/c10-9(11,12)16-7-3-1-6(2-4-7)5-15-8(13)14;1-2/h1-4H,5H2,(H4,13,14,15);1-2H3. The summed E-state index contributed by atoms with van der Waals surface area (Å²) in [5, 5.41) is 0. The van der Waals surface area contributed by atoms with Crippen molar-refractivity contribution < 1.29 is 13.2 Å². The molecule has 0 saturated carbocycles. The van der Waals surface area contributed by atoms with Gasteiger partial charge in [0, 0.05) is 4.90 Å². The third-order valence-corrected chi connectivity index (χ3v) is 2.34. The predicted molar refractivity (Wildman–Crippen MR) is 69.2 cm³/mol. The van der Waals surface area contributed by atoms with E-state index in [0.29, 0.717) is 0 Å². The van der Waals surface area contributed by atoms with Crippen molar-refractivity contribution in [2.75, 3.05) is 0 Å². The average molecular weight is 279 g/mol. The van der Waals surface area contributed by atoms with Gasteiger partial charge < -0.3 is 11.5 Å². The number of nitrogens with two attached hydrogens (primary N) is 2. The van der Waals surface area contributed by atoms with Gasteiger partial charge in [-0.25, -0.2) is 4.99 Å². The molecule has 0 aliphatic heterocycles. The van der Waals surface area contributed by atoms with Crippen LogP contribution < -0.4 is 11.5 Å². The number of hydrogen-bond acceptors (Lipinski definition) is 2. The van der Waals surface area contributed by atoms with Crippen LogP contribution >= 0.6 is 11.8 Å². The van der Waals surface area contributed by atoms with Gasteiger partial charge in [0.1, 0.15) is 0 Å². The van der Waals surface area contributed by atoms with Gasteiger partial charge in [-0.3, -0.25) is 0 Å². The van der Waals surface area contributed by atoms with E-state index in [-0.39, 0.29) is 29.2 Å². The molecule has 0 bridgehead atoms. The highest BCUT2D eigenvalue weighted by Crippen LogP contribution is 2.36. The van der Waals surface area contributed by atoms with Crippen LogP contribution in [0.25, 0.3) is 0 Å². The van der Waals surface area contributed by atoms with Gasteiger partial charge in [-0.05, 0) is 29.5 Å². The van der Waals surface area contributed by atoms with Crippen molar-refractivity contribution in [3.63, 3.8) is 0 Å². The lowest BCUT2D eigenvalue weighted by molar-refractivity contribution is -0.0328. The summed E-state index contributed by atoms with van der Waals surface area (Å²) in [5.41, 5.74) is 6.74. The van der Waals surface area contributed by atoms with Crippen LogP contribution in [0.5, 0.6) is 0 Å². The van der Waals surface area contributed by atoms with Gasteiger partial charge in [-0.1, -0.05) is 26.0 Å². The van der Waals surface area contributed by atoms with Crippen molar-refractivity contribution in [1.29, 1.82) is 0 Å². The Morgan fingerprint density at radius 2 is 1.67 bits per heavy atom. The summed E-state index contributed by atoms with van der Waals surface area (Å²) in [4.78, 5) is 3.88. The van der Waals surface area contributed by atoms with Crippen LogP contribution in [0.3, 0.4) is 0 Å². The Kier molecular flexibility index (Phi) is 7.26. The highest BCUT2D eigenvalue weighted by atomic mass is 32.2. The second kappa shape index (κ2) is 7.86. The Labute approximate surface area is 108 Å². The van der Waals surface area contributed by atoms with Crippen LogP contribution in [0.4, 0.5) is 13.2 Å². The summed E-state index contributed by atoms with van der Waals surface area (Å²) in [6.45, 7) is 4.26. The van der Waals surface area contributed by atoms with E-state index in [0.717, 1.165) is 5.56 Å². The fraction of sp³-hybridized carbons (Fsp3) is 0.364. The minimum Gasteiger partial charge on any atom is -0.370 e. The molecule has 1 aromatic rings. The number of nitrogens with zero attached hydrogens (tertiary/aromatic N) is 1. The summed E-state index contributed by atoms with van der Waals surface area (Å²) in [5.74, 6) is -0.0475. The summed E-state index contributed by atoms with van der Waals surface area (Å²) >= 11 is -0.151. The lowest BCUT2D eigenvalue weighted by Crippen LogP contribution is -2.22. The number of guanidine groups is 1. The zero-order valence-corrected chi connectivity index (χ0v) is 11.0. The lowest BCUT2D eigenvalue weighted by atomic mass is 10.2. The Balaban J connectivity index is 0.00000137. The maximum absolute atomic E-state index is 12.0. The Bertz CT molecular complexity index is 370. The van der Waals surface area contributed by atoms with E-state index in [4.69, 9.17) is 11.5 Å². The first-order chi connectivity index (χ1) is 8.37. The number of halogens is 3. The number of alkyl halides is 3. The molecule has 7 heteroatoms. The largest absolute Gasteiger partial charge is 0.446 e. The number of benzene rings is 1. The average Bonchev–Trinajstić information content (AvgIpc) is 2.29. The summed E-state index contributed by atoms with van der Waals surface area (Å²) in [6, 6.07) is 5.88. The molecule has 4 N–H and O–H groups in total. The van der Waals surface area contributed by atoms with Crippen molar-refractivity contribution in [1.82, 2.24) is 0 Å². The van der Waals surface area contributed by atoms with E-state index in [1.807, 2.05) is 13.8 Å². The quantitative estimate of drug-likeness (QED) is 0.507. The maximum Gasteiger partial charge on any atom is 0.446 e. The second-order valence-electron chi connectivity index (χ2n) is 2.93. The molecule has 0 amide bonds. The molecule has 1 rings (SSSR count). The Hall–Kier alpha value is -1.37. The van der Waals surface area contributed by atoms with E-state index in [1.54, 1.807) is 12.1 Å². The van der Waals surface area contributed by atoms with Crippen molar-refractivity contribution in [2.24, 2.45) is 16.5 Å². The van der Waals surface area contributed by atoms with Crippen LogP contribution in [-0.4, -0.2) is 11.5 Å². The molecule has 102 valence electrons. The summed E-state index contributed by atoms with van der Waals surface area (Å²) in [7, 11) is 0. The Morgan fingerprint density at radius 1 is 1.17 bits per heavy atom. The third kappa shape index (κ3) is 7.83. The highest BCUT2D eigenvalue weighted by molar-refractivity contribution is 8.00. The van der Waals surface area contributed by atoms with Gasteiger partial charge in [0.05, 0.1) is 6.54 Å².